The normalized spacial score (nSPS) is 13.5. The lowest BCUT2D eigenvalue weighted by atomic mass is 10.1. The number of carboxylic acid groups (broad SMARTS) is 1. The standard InChI is InChI=1S/C43H75NO7/c1-6-8-10-12-14-16-18-20-21-22-24-26-28-30-32-34-42(46)51-39(37-49-36-35-40(43(47)48)44(3,4)5)38-50-41(45)33-31-29-27-25-23-19-17-15-13-11-9-7-2/h8,10,14-17,20-21,39-40H,6-7,9,11-13,18-19,22-38H2,1-5H3/p+1/b10-8-,16-14-,17-15-,21-20-. The second kappa shape index (κ2) is 34.4. The largest absolute Gasteiger partial charge is 0.477 e. The number of nitrogens with zero attached hydrogens (tertiary/aromatic N) is 1. The molecule has 0 aliphatic carbocycles. The van der Waals surface area contributed by atoms with E-state index in [9.17, 15) is 19.5 Å². The minimum absolute atomic E-state index is 0.0504. The Bertz CT molecular complexity index is 979. The molecule has 0 saturated carbocycles. The lowest BCUT2D eigenvalue weighted by molar-refractivity contribution is -0.887. The minimum atomic E-state index is -0.881. The van der Waals surface area contributed by atoms with Gasteiger partial charge in [-0.25, -0.2) is 4.79 Å². The van der Waals surface area contributed by atoms with Crippen molar-refractivity contribution < 1.29 is 38.2 Å². The molecule has 0 aliphatic heterocycles. The van der Waals surface area contributed by atoms with Gasteiger partial charge in [-0.3, -0.25) is 9.59 Å². The number of hydrogen-bond acceptors (Lipinski definition) is 6. The molecule has 8 heteroatoms. The van der Waals surface area contributed by atoms with Crippen LogP contribution in [-0.4, -0.2) is 80.6 Å². The fraction of sp³-hybridized carbons (Fsp3) is 0.744. The van der Waals surface area contributed by atoms with Crippen molar-refractivity contribution in [2.24, 2.45) is 0 Å². The molecule has 294 valence electrons. The van der Waals surface area contributed by atoms with Crippen molar-refractivity contribution in [3.63, 3.8) is 0 Å². The van der Waals surface area contributed by atoms with Crippen LogP contribution in [0.15, 0.2) is 48.6 Å². The Hall–Kier alpha value is -2.71. The molecule has 0 aromatic heterocycles. The van der Waals surface area contributed by atoms with E-state index in [1.165, 1.54) is 32.1 Å². The number of allylic oxidation sites excluding steroid dienone is 8. The van der Waals surface area contributed by atoms with Gasteiger partial charge in [0.2, 0.25) is 0 Å². The summed E-state index contributed by atoms with van der Waals surface area (Å²) in [5, 5.41) is 9.59. The van der Waals surface area contributed by atoms with Gasteiger partial charge >= 0.3 is 17.9 Å². The number of carboxylic acids is 1. The number of aliphatic carboxylic acids is 1. The van der Waals surface area contributed by atoms with E-state index in [-0.39, 0.29) is 36.2 Å². The number of likely N-dealkylation sites (N-methyl/N-ethyl adjacent to an activating group) is 1. The van der Waals surface area contributed by atoms with Crippen LogP contribution in [0.25, 0.3) is 0 Å². The van der Waals surface area contributed by atoms with Crippen molar-refractivity contribution in [2.75, 3.05) is 41.0 Å². The molecule has 0 fully saturated rings. The Morgan fingerprint density at radius 1 is 0.608 bits per heavy atom. The molecule has 51 heavy (non-hydrogen) atoms. The van der Waals surface area contributed by atoms with Crippen molar-refractivity contribution in [3.05, 3.63) is 48.6 Å². The van der Waals surface area contributed by atoms with Gasteiger partial charge in [0.25, 0.3) is 0 Å². The summed E-state index contributed by atoms with van der Waals surface area (Å²) in [5.74, 6) is -1.51. The highest BCUT2D eigenvalue weighted by Crippen LogP contribution is 2.13. The minimum Gasteiger partial charge on any atom is -0.477 e. The average Bonchev–Trinajstić information content (AvgIpc) is 3.08. The van der Waals surface area contributed by atoms with E-state index in [2.05, 4.69) is 62.5 Å². The van der Waals surface area contributed by atoms with Crippen LogP contribution in [0.4, 0.5) is 0 Å². The number of ether oxygens (including phenoxy) is 3. The average molecular weight is 719 g/mol. The molecule has 0 aromatic rings. The van der Waals surface area contributed by atoms with Gasteiger partial charge in [0.15, 0.2) is 12.1 Å². The molecule has 0 saturated heterocycles. The topological polar surface area (TPSA) is 99.1 Å². The van der Waals surface area contributed by atoms with Crippen LogP contribution in [0.3, 0.4) is 0 Å². The van der Waals surface area contributed by atoms with Crippen molar-refractivity contribution in [1.82, 2.24) is 0 Å². The zero-order valence-corrected chi connectivity index (χ0v) is 33.3. The SMILES string of the molecule is CC/C=C\C/C=C\C/C=C\CCCCCCCC(=O)OC(COCCC(C(=O)O)[N+](C)(C)C)COC(=O)CCCCCCC/C=C\CCCCC. The van der Waals surface area contributed by atoms with E-state index in [0.717, 1.165) is 89.9 Å². The Kier molecular flexibility index (Phi) is 32.6. The molecule has 0 aliphatic rings. The van der Waals surface area contributed by atoms with Gasteiger partial charge in [-0.15, -0.1) is 0 Å². The maximum Gasteiger partial charge on any atom is 0.362 e. The molecule has 0 amide bonds. The predicted octanol–water partition coefficient (Wildman–Crippen LogP) is 10.5. The van der Waals surface area contributed by atoms with E-state index in [4.69, 9.17) is 14.2 Å². The number of esters is 2. The molecule has 8 nitrogen and oxygen atoms in total. The molecule has 1 N–H and O–H groups in total. The molecular weight excluding hydrogens is 642 g/mol. The van der Waals surface area contributed by atoms with Gasteiger partial charge in [-0.05, 0) is 70.6 Å². The smallest absolute Gasteiger partial charge is 0.362 e. The van der Waals surface area contributed by atoms with Gasteiger partial charge in [0.1, 0.15) is 6.61 Å². The summed E-state index contributed by atoms with van der Waals surface area (Å²) in [5.41, 5.74) is 0. The van der Waals surface area contributed by atoms with E-state index >= 15 is 0 Å². The first-order valence-electron chi connectivity index (χ1n) is 20.2. The highest BCUT2D eigenvalue weighted by atomic mass is 16.6. The summed E-state index contributed by atoms with van der Waals surface area (Å²) in [6.45, 7) is 4.55. The van der Waals surface area contributed by atoms with Crippen LogP contribution in [0, 0.1) is 0 Å². The molecule has 0 aromatic carbocycles. The van der Waals surface area contributed by atoms with Crippen LogP contribution in [0.2, 0.25) is 0 Å². The van der Waals surface area contributed by atoms with Gasteiger partial charge < -0.3 is 23.8 Å². The first kappa shape index (κ1) is 48.3. The van der Waals surface area contributed by atoms with E-state index in [0.29, 0.717) is 19.3 Å². The maximum absolute atomic E-state index is 12.7. The molecule has 2 unspecified atom stereocenters. The molecule has 0 radical (unpaired) electrons. The first-order valence-corrected chi connectivity index (χ1v) is 20.2. The van der Waals surface area contributed by atoms with Crippen molar-refractivity contribution in [1.29, 1.82) is 0 Å². The Morgan fingerprint density at radius 3 is 1.65 bits per heavy atom. The van der Waals surface area contributed by atoms with Crippen LogP contribution < -0.4 is 0 Å². The fourth-order valence-corrected chi connectivity index (χ4v) is 5.57. The molecular formula is C43H76NO7+. The summed E-state index contributed by atoms with van der Waals surface area (Å²) in [6.07, 6.45) is 38.6. The second-order valence-electron chi connectivity index (χ2n) is 14.5. The van der Waals surface area contributed by atoms with Gasteiger partial charge in [-0.1, -0.05) is 114 Å². The summed E-state index contributed by atoms with van der Waals surface area (Å²) in [7, 11) is 5.51. The lowest BCUT2D eigenvalue weighted by Gasteiger charge is -2.31. The van der Waals surface area contributed by atoms with E-state index in [1.54, 1.807) is 0 Å². The van der Waals surface area contributed by atoms with E-state index in [1.807, 2.05) is 21.1 Å². The zero-order valence-electron chi connectivity index (χ0n) is 33.3. The number of rotatable bonds is 35. The second-order valence-corrected chi connectivity index (χ2v) is 14.5. The van der Waals surface area contributed by atoms with Crippen LogP contribution in [0.1, 0.15) is 155 Å². The summed E-state index contributed by atoms with van der Waals surface area (Å²) < 4.78 is 17.2. The van der Waals surface area contributed by atoms with Crippen molar-refractivity contribution in [3.8, 4) is 0 Å². The fourth-order valence-electron chi connectivity index (χ4n) is 5.57. The predicted molar refractivity (Wildman–Crippen MR) is 211 cm³/mol. The zero-order chi connectivity index (χ0) is 37.8. The summed E-state index contributed by atoms with van der Waals surface area (Å²) >= 11 is 0. The third-order valence-corrected chi connectivity index (χ3v) is 8.71. The number of unbranched alkanes of at least 4 members (excludes halogenated alkanes) is 13. The van der Waals surface area contributed by atoms with E-state index < -0.39 is 18.1 Å². The number of carbonyl (C=O) groups excluding carboxylic acids is 2. The highest BCUT2D eigenvalue weighted by molar-refractivity contribution is 5.72. The van der Waals surface area contributed by atoms with Gasteiger partial charge in [0, 0.05) is 19.3 Å². The summed E-state index contributed by atoms with van der Waals surface area (Å²) in [6, 6.07) is -0.619. The van der Waals surface area contributed by atoms with Crippen LogP contribution in [0.5, 0.6) is 0 Å². The monoisotopic (exact) mass is 719 g/mol. The lowest BCUT2D eigenvalue weighted by Crippen LogP contribution is -2.50. The molecule has 2 atom stereocenters. The third-order valence-electron chi connectivity index (χ3n) is 8.71. The Morgan fingerprint density at radius 2 is 1.10 bits per heavy atom. The Balaban J connectivity index is 4.45. The van der Waals surface area contributed by atoms with Gasteiger partial charge in [-0.2, -0.15) is 0 Å². The van der Waals surface area contributed by atoms with Crippen LogP contribution >= 0.6 is 0 Å². The maximum atomic E-state index is 12.7. The number of hydrogen-bond donors (Lipinski definition) is 1. The number of quaternary nitrogens is 1. The molecule has 0 rings (SSSR count). The Labute approximate surface area is 312 Å². The van der Waals surface area contributed by atoms with Gasteiger partial charge in [0.05, 0.1) is 34.4 Å². The van der Waals surface area contributed by atoms with Crippen LogP contribution in [-0.2, 0) is 28.6 Å². The molecule has 0 bridgehead atoms. The molecule has 0 spiro atoms. The molecule has 0 heterocycles. The highest BCUT2D eigenvalue weighted by Gasteiger charge is 2.31. The third kappa shape index (κ3) is 32.9. The number of carbonyl (C=O) groups is 3. The summed E-state index contributed by atoms with van der Waals surface area (Å²) in [4.78, 5) is 36.8. The van der Waals surface area contributed by atoms with Crippen molar-refractivity contribution >= 4 is 17.9 Å². The first-order chi connectivity index (χ1) is 24.6. The quantitative estimate of drug-likeness (QED) is 0.0301. The van der Waals surface area contributed by atoms with Crippen molar-refractivity contribution in [2.45, 2.75) is 167 Å².